The van der Waals surface area contributed by atoms with E-state index in [9.17, 15) is 18.8 Å². The average molecular weight is 507 g/mol. The van der Waals surface area contributed by atoms with Crippen molar-refractivity contribution in [1.82, 2.24) is 5.32 Å². The fraction of sp³-hybridized carbons (Fsp3) is 0.115. The van der Waals surface area contributed by atoms with Gasteiger partial charge in [-0.05, 0) is 77.6 Å². The van der Waals surface area contributed by atoms with Crippen LogP contribution in [0.25, 0.3) is 6.08 Å². The van der Waals surface area contributed by atoms with Gasteiger partial charge >= 0.3 is 6.03 Å². The fourth-order valence-corrected chi connectivity index (χ4v) is 4.03. The summed E-state index contributed by atoms with van der Waals surface area (Å²) in [4.78, 5) is 39.2. The zero-order valence-corrected chi connectivity index (χ0v) is 19.4. The van der Waals surface area contributed by atoms with Crippen LogP contribution in [0, 0.1) is 5.82 Å². The van der Waals surface area contributed by atoms with Crippen LogP contribution in [0.3, 0.4) is 0 Å². The quantitative estimate of drug-likeness (QED) is 0.371. The van der Waals surface area contributed by atoms with Crippen LogP contribution in [-0.4, -0.2) is 17.8 Å². The number of hydrogen-bond donors (Lipinski definition) is 1. The van der Waals surface area contributed by atoms with Crippen molar-refractivity contribution in [2.75, 3.05) is 4.90 Å². The van der Waals surface area contributed by atoms with E-state index in [4.69, 9.17) is 0 Å². The Bertz CT molecular complexity index is 1280. The molecule has 0 spiro atoms. The Kier molecular flexibility index (Phi) is 6.51. The molecule has 0 unspecified atom stereocenters. The van der Waals surface area contributed by atoms with Gasteiger partial charge in [0.15, 0.2) is 0 Å². The Hall–Kier alpha value is -3.58. The third kappa shape index (κ3) is 4.93. The first-order valence-electron chi connectivity index (χ1n) is 10.4. The lowest BCUT2D eigenvalue weighted by atomic mass is 9.97. The van der Waals surface area contributed by atoms with E-state index in [1.165, 1.54) is 18.2 Å². The number of urea groups is 1. The smallest absolute Gasteiger partial charge is 0.273 e. The molecule has 4 amide bonds. The van der Waals surface area contributed by atoms with E-state index in [1.807, 2.05) is 31.2 Å². The molecule has 0 radical (unpaired) electrons. The highest BCUT2D eigenvalue weighted by Crippen LogP contribution is 2.26. The molecule has 3 aromatic carbocycles. The minimum atomic E-state index is -0.791. The van der Waals surface area contributed by atoms with Gasteiger partial charge in [0.1, 0.15) is 11.4 Å². The highest BCUT2D eigenvalue weighted by atomic mass is 79.9. The van der Waals surface area contributed by atoms with Crippen molar-refractivity contribution in [3.63, 3.8) is 0 Å². The number of aryl methyl sites for hydroxylation is 1. The molecule has 0 atom stereocenters. The monoisotopic (exact) mass is 506 g/mol. The summed E-state index contributed by atoms with van der Waals surface area (Å²) in [6.45, 7) is 2.01. The van der Waals surface area contributed by atoms with E-state index in [-0.39, 0.29) is 11.4 Å². The van der Waals surface area contributed by atoms with Gasteiger partial charge in [0.05, 0.1) is 5.69 Å². The molecule has 0 aliphatic carbocycles. The molecule has 1 fully saturated rings. The van der Waals surface area contributed by atoms with E-state index in [0.717, 1.165) is 32.5 Å². The molecule has 1 saturated heterocycles. The van der Waals surface area contributed by atoms with Crippen LogP contribution >= 0.6 is 15.9 Å². The molecule has 166 valence electrons. The Labute approximate surface area is 199 Å². The highest BCUT2D eigenvalue weighted by molar-refractivity contribution is 9.10. The summed E-state index contributed by atoms with van der Waals surface area (Å²) in [6, 6.07) is 17.9. The number of barbiturate groups is 1. The van der Waals surface area contributed by atoms with Crippen LogP contribution in [0.1, 0.15) is 29.2 Å². The topological polar surface area (TPSA) is 66.5 Å². The number of hydrogen-bond acceptors (Lipinski definition) is 3. The van der Waals surface area contributed by atoms with Crippen LogP contribution in [0.15, 0.2) is 76.8 Å². The molecule has 0 aromatic heterocycles. The summed E-state index contributed by atoms with van der Waals surface area (Å²) >= 11 is 3.42. The standard InChI is InChI=1S/C26H20BrFN2O3/c1-2-16-6-10-22(11-7-16)30-25(32)23(24(31)29-26(30)33)15-19-14-20(27)9-8-18(19)12-17-4-3-5-21(28)13-17/h3-11,13-15H,2,12H2,1H3,(H,29,31,33)/b23-15+. The molecule has 1 aliphatic rings. The number of amides is 4. The number of nitrogens with zero attached hydrogens (tertiary/aromatic N) is 1. The second-order valence-electron chi connectivity index (χ2n) is 7.63. The van der Waals surface area contributed by atoms with E-state index in [2.05, 4.69) is 21.2 Å². The van der Waals surface area contributed by atoms with E-state index < -0.39 is 17.8 Å². The van der Waals surface area contributed by atoms with Gasteiger partial charge in [-0.2, -0.15) is 0 Å². The number of benzene rings is 3. The fourth-order valence-electron chi connectivity index (χ4n) is 3.66. The van der Waals surface area contributed by atoms with Gasteiger partial charge in [0.2, 0.25) is 0 Å². The molecule has 1 aliphatic heterocycles. The van der Waals surface area contributed by atoms with Crippen LogP contribution < -0.4 is 10.2 Å². The van der Waals surface area contributed by atoms with Crippen LogP contribution in [-0.2, 0) is 22.4 Å². The molecule has 0 bridgehead atoms. The van der Waals surface area contributed by atoms with Crippen molar-refractivity contribution in [3.8, 4) is 0 Å². The Morgan fingerprint density at radius 1 is 0.970 bits per heavy atom. The van der Waals surface area contributed by atoms with Crippen LogP contribution in [0.2, 0.25) is 0 Å². The van der Waals surface area contributed by atoms with Crippen molar-refractivity contribution >= 4 is 45.5 Å². The number of rotatable bonds is 5. The van der Waals surface area contributed by atoms with Crippen molar-refractivity contribution in [2.45, 2.75) is 19.8 Å². The zero-order valence-electron chi connectivity index (χ0n) is 17.8. The van der Waals surface area contributed by atoms with E-state index >= 15 is 0 Å². The van der Waals surface area contributed by atoms with Gasteiger partial charge in [0.25, 0.3) is 11.8 Å². The zero-order chi connectivity index (χ0) is 23.5. The SMILES string of the molecule is CCc1ccc(N2C(=O)NC(=O)/C(=C\c3cc(Br)ccc3Cc3cccc(F)c3)C2=O)cc1. The number of halogens is 2. The molecule has 33 heavy (non-hydrogen) atoms. The number of imide groups is 2. The second-order valence-corrected chi connectivity index (χ2v) is 8.54. The van der Waals surface area contributed by atoms with Gasteiger partial charge in [-0.1, -0.05) is 53.2 Å². The van der Waals surface area contributed by atoms with Crippen LogP contribution in [0.4, 0.5) is 14.9 Å². The molecule has 4 rings (SSSR count). The van der Waals surface area contributed by atoms with Gasteiger partial charge in [0, 0.05) is 4.47 Å². The lowest BCUT2D eigenvalue weighted by molar-refractivity contribution is -0.122. The van der Waals surface area contributed by atoms with Gasteiger partial charge in [-0.3, -0.25) is 14.9 Å². The molecule has 7 heteroatoms. The molecule has 3 aromatic rings. The number of carbonyl (C=O) groups excluding carboxylic acids is 3. The number of nitrogens with one attached hydrogen (secondary N) is 1. The summed E-state index contributed by atoms with van der Waals surface area (Å²) in [5.41, 5.74) is 3.45. The molecular weight excluding hydrogens is 487 g/mol. The normalized spacial score (nSPS) is 15.2. The summed E-state index contributed by atoms with van der Waals surface area (Å²) in [5.74, 6) is -1.80. The lowest BCUT2D eigenvalue weighted by Gasteiger charge is -2.26. The first-order chi connectivity index (χ1) is 15.9. The molecule has 1 heterocycles. The summed E-state index contributed by atoms with van der Waals surface area (Å²) in [5, 5.41) is 2.25. The summed E-state index contributed by atoms with van der Waals surface area (Å²) < 4.78 is 14.4. The first kappa shape index (κ1) is 22.6. The molecule has 1 N–H and O–H groups in total. The maximum Gasteiger partial charge on any atom is 0.335 e. The summed E-state index contributed by atoms with van der Waals surface area (Å²) in [6.07, 6.45) is 2.69. The lowest BCUT2D eigenvalue weighted by Crippen LogP contribution is -2.54. The Morgan fingerprint density at radius 2 is 1.73 bits per heavy atom. The van der Waals surface area contributed by atoms with Crippen molar-refractivity contribution < 1.29 is 18.8 Å². The number of carbonyl (C=O) groups is 3. The minimum absolute atomic E-state index is 0.159. The van der Waals surface area contributed by atoms with Crippen molar-refractivity contribution in [3.05, 3.63) is 105 Å². The van der Waals surface area contributed by atoms with Gasteiger partial charge in [-0.15, -0.1) is 0 Å². The Morgan fingerprint density at radius 3 is 2.42 bits per heavy atom. The molecular formula is C26H20BrFN2O3. The third-order valence-electron chi connectivity index (χ3n) is 5.40. The predicted molar refractivity (Wildman–Crippen MR) is 128 cm³/mol. The second kappa shape index (κ2) is 9.50. The Balaban J connectivity index is 1.72. The van der Waals surface area contributed by atoms with E-state index in [1.54, 1.807) is 30.3 Å². The largest absolute Gasteiger partial charge is 0.335 e. The minimum Gasteiger partial charge on any atom is -0.273 e. The highest BCUT2D eigenvalue weighted by Gasteiger charge is 2.36. The van der Waals surface area contributed by atoms with Crippen LogP contribution in [0.5, 0.6) is 0 Å². The van der Waals surface area contributed by atoms with Crippen molar-refractivity contribution in [1.29, 1.82) is 0 Å². The van der Waals surface area contributed by atoms with Crippen molar-refractivity contribution in [2.24, 2.45) is 0 Å². The van der Waals surface area contributed by atoms with Gasteiger partial charge < -0.3 is 0 Å². The molecule has 5 nitrogen and oxygen atoms in total. The molecule has 0 saturated carbocycles. The maximum atomic E-state index is 13.6. The average Bonchev–Trinajstić information content (AvgIpc) is 2.78. The third-order valence-corrected chi connectivity index (χ3v) is 5.89. The first-order valence-corrected chi connectivity index (χ1v) is 11.2. The van der Waals surface area contributed by atoms with Gasteiger partial charge in [-0.25, -0.2) is 14.1 Å². The predicted octanol–water partition coefficient (Wildman–Crippen LogP) is 5.41. The maximum absolute atomic E-state index is 13.6. The van der Waals surface area contributed by atoms with E-state index in [0.29, 0.717) is 17.7 Å². The number of anilines is 1. The summed E-state index contributed by atoms with van der Waals surface area (Å²) in [7, 11) is 0.